The SMILES string of the molecule is CN1C(=O)C(C)(C)c2cc(C(=O)NCCc3ccccc3F)ccc21. The summed E-state index contributed by atoms with van der Waals surface area (Å²) in [6.45, 7) is 4.06. The van der Waals surface area contributed by atoms with Gasteiger partial charge in [-0.25, -0.2) is 4.39 Å². The van der Waals surface area contributed by atoms with Crippen LogP contribution in [0.2, 0.25) is 0 Å². The number of nitrogens with one attached hydrogen (secondary N) is 1. The average molecular weight is 340 g/mol. The molecule has 25 heavy (non-hydrogen) atoms. The number of anilines is 1. The van der Waals surface area contributed by atoms with Crippen LogP contribution in [0.4, 0.5) is 10.1 Å². The Kier molecular flexibility index (Phi) is 4.33. The summed E-state index contributed by atoms with van der Waals surface area (Å²) in [4.78, 5) is 26.3. The molecule has 1 aliphatic rings. The third-order valence-electron chi connectivity index (χ3n) is 4.77. The van der Waals surface area contributed by atoms with Crippen molar-refractivity contribution >= 4 is 17.5 Å². The second kappa shape index (κ2) is 6.31. The third kappa shape index (κ3) is 3.02. The number of hydrogen-bond acceptors (Lipinski definition) is 2. The zero-order chi connectivity index (χ0) is 18.2. The van der Waals surface area contributed by atoms with E-state index in [4.69, 9.17) is 0 Å². The van der Waals surface area contributed by atoms with Gasteiger partial charge in [0.2, 0.25) is 5.91 Å². The van der Waals surface area contributed by atoms with Gasteiger partial charge in [0.1, 0.15) is 5.82 Å². The summed E-state index contributed by atoms with van der Waals surface area (Å²) in [5, 5.41) is 2.81. The highest BCUT2D eigenvalue weighted by Crippen LogP contribution is 2.40. The summed E-state index contributed by atoms with van der Waals surface area (Å²) in [6, 6.07) is 11.8. The van der Waals surface area contributed by atoms with Gasteiger partial charge in [-0.15, -0.1) is 0 Å². The normalized spacial score (nSPS) is 15.2. The van der Waals surface area contributed by atoms with Crippen LogP contribution in [0.1, 0.15) is 35.3 Å². The summed E-state index contributed by atoms with van der Waals surface area (Å²) < 4.78 is 13.6. The molecule has 1 aliphatic heterocycles. The Bertz CT molecular complexity index is 845. The Labute approximate surface area is 146 Å². The van der Waals surface area contributed by atoms with Crippen molar-refractivity contribution in [2.75, 3.05) is 18.5 Å². The van der Waals surface area contributed by atoms with E-state index < -0.39 is 5.41 Å². The van der Waals surface area contributed by atoms with E-state index in [1.807, 2.05) is 13.8 Å². The van der Waals surface area contributed by atoms with E-state index >= 15 is 0 Å². The maximum atomic E-state index is 13.6. The number of carbonyl (C=O) groups is 2. The molecule has 0 aromatic heterocycles. The summed E-state index contributed by atoms with van der Waals surface area (Å²) in [5.41, 5.74) is 2.11. The fraction of sp³-hybridized carbons (Fsp3) is 0.300. The molecule has 0 bridgehead atoms. The lowest BCUT2D eigenvalue weighted by atomic mass is 9.85. The van der Waals surface area contributed by atoms with E-state index in [0.717, 1.165) is 11.3 Å². The van der Waals surface area contributed by atoms with Gasteiger partial charge in [-0.05, 0) is 55.7 Å². The first-order valence-electron chi connectivity index (χ1n) is 8.26. The minimum atomic E-state index is -0.645. The fourth-order valence-corrected chi connectivity index (χ4v) is 3.23. The van der Waals surface area contributed by atoms with Gasteiger partial charge in [0, 0.05) is 24.8 Å². The van der Waals surface area contributed by atoms with Crippen molar-refractivity contribution in [2.24, 2.45) is 0 Å². The van der Waals surface area contributed by atoms with Gasteiger partial charge in [0.05, 0.1) is 5.41 Å². The van der Waals surface area contributed by atoms with Crippen LogP contribution in [0, 0.1) is 5.82 Å². The standard InChI is InChI=1S/C20H21FN2O2/c1-20(2)15-12-14(8-9-17(15)23(3)19(20)25)18(24)22-11-10-13-6-4-5-7-16(13)21/h4-9,12H,10-11H2,1-3H3,(H,22,24). The van der Waals surface area contributed by atoms with Crippen LogP contribution in [-0.2, 0) is 16.6 Å². The molecule has 2 amide bonds. The van der Waals surface area contributed by atoms with Gasteiger partial charge in [-0.2, -0.15) is 0 Å². The van der Waals surface area contributed by atoms with Crippen molar-refractivity contribution in [1.29, 1.82) is 0 Å². The van der Waals surface area contributed by atoms with E-state index in [-0.39, 0.29) is 17.6 Å². The molecule has 0 aliphatic carbocycles. The third-order valence-corrected chi connectivity index (χ3v) is 4.77. The number of nitrogens with zero attached hydrogens (tertiary/aromatic N) is 1. The van der Waals surface area contributed by atoms with Gasteiger partial charge < -0.3 is 10.2 Å². The molecular weight excluding hydrogens is 319 g/mol. The smallest absolute Gasteiger partial charge is 0.251 e. The molecule has 4 nitrogen and oxygen atoms in total. The van der Waals surface area contributed by atoms with E-state index in [9.17, 15) is 14.0 Å². The molecule has 0 atom stereocenters. The summed E-state index contributed by atoms with van der Waals surface area (Å²) in [7, 11) is 1.74. The first kappa shape index (κ1) is 17.1. The number of likely N-dealkylation sites (N-methyl/N-ethyl adjacent to an activating group) is 1. The van der Waals surface area contributed by atoms with Crippen molar-refractivity contribution < 1.29 is 14.0 Å². The molecule has 1 N–H and O–H groups in total. The quantitative estimate of drug-likeness (QED) is 0.930. The molecule has 0 saturated carbocycles. The molecule has 3 rings (SSSR count). The van der Waals surface area contributed by atoms with Crippen molar-refractivity contribution in [3.8, 4) is 0 Å². The summed E-state index contributed by atoms with van der Waals surface area (Å²) >= 11 is 0. The minimum Gasteiger partial charge on any atom is -0.352 e. The van der Waals surface area contributed by atoms with Crippen molar-refractivity contribution in [2.45, 2.75) is 25.7 Å². The second-order valence-corrected chi connectivity index (χ2v) is 6.82. The van der Waals surface area contributed by atoms with Crippen LogP contribution in [0.3, 0.4) is 0 Å². The number of carbonyl (C=O) groups excluding carboxylic acids is 2. The fourth-order valence-electron chi connectivity index (χ4n) is 3.23. The van der Waals surface area contributed by atoms with Gasteiger partial charge in [-0.3, -0.25) is 9.59 Å². The molecule has 0 saturated heterocycles. The van der Waals surface area contributed by atoms with E-state index in [1.165, 1.54) is 6.07 Å². The van der Waals surface area contributed by atoms with Crippen LogP contribution >= 0.6 is 0 Å². The van der Waals surface area contributed by atoms with Crippen LogP contribution in [0.25, 0.3) is 0 Å². The molecule has 2 aromatic rings. The van der Waals surface area contributed by atoms with Gasteiger partial charge in [-0.1, -0.05) is 18.2 Å². The number of rotatable bonds is 4. The summed E-state index contributed by atoms with van der Waals surface area (Å²) in [5.74, 6) is -0.478. The number of hydrogen-bond donors (Lipinski definition) is 1. The van der Waals surface area contributed by atoms with Crippen LogP contribution in [-0.4, -0.2) is 25.4 Å². The Morgan fingerprint density at radius 1 is 1.20 bits per heavy atom. The van der Waals surface area contributed by atoms with Crippen molar-refractivity contribution in [3.63, 3.8) is 0 Å². The Hall–Kier alpha value is -2.69. The molecule has 0 spiro atoms. The second-order valence-electron chi connectivity index (χ2n) is 6.82. The predicted molar refractivity (Wildman–Crippen MR) is 95.3 cm³/mol. The van der Waals surface area contributed by atoms with Gasteiger partial charge >= 0.3 is 0 Å². The first-order chi connectivity index (χ1) is 11.8. The Morgan fingerprint density at radius 3 is 2.64 bits per heavy atom. The zero-order valence-corrected chi connectivity index (χ0v) is 14.6. The van der Waals surface area contributed by atoms with E-state index in [1.54, 1.807) is 48.3 Å². The van der Waals surface area contributed by atoms with Crippen molar-refractivity contribution in [3.05, 3.63) is 65.0 Å². The Morgan fingerprint density at radius 2 is 1.92 bits per heavy atom. The maximum Gasteiger partial charge on any atom is 0.251 e. The molecule has 130 valence electrons. The molecule has 0 unspecified atom stereocenters. The number of halogens is 1. The lowest BCUT2D eigenvalue weighted by Crippen LogP contribution is -2.33. The van der Waals surface area contributed by atoms with Crippen molar-refractivity contribution in [1.82, 2.24) is 5.32 Å². The van der Waals surface area contributed by atoms with E-state index in [0.29, 0.717) is 24.1 Å². The molecule has 0 radical (unpaired) electrons. The van der Waals surface area contributed by atoms with Crippen LogP contribution in [0.5, 0.6) is 0 Å². The molecular formula is C20H21FN2O2. The highest BCUT2D eigenvalue weighted by Gasteiger charge is 2.42. The summed E-state index contributed by atoms with van der Waals surface area (Å²) in [6.07, 6.45) is 0.427. The van der Waals surface area contributed by atoms with E-state index in [2.05, 4.69) is 5.32 Å². The molecule has 2 aromatic carbocycles. The Balaban J connectivity index is 1.71. The number of benzene rings is 2. The molecule has 0 fully saturated rings. The van der Waals surface area contributed by atoms with Crippen LogP contribution in [0.15, 0.2) is 42.5 Å². The van der Waals surface area contributed by atoms with Crippen LogP contribution < -0.4 is 10.2 Å². The average Bonchev–Trinajstić information content (AvgIpc) is 2.77. The highest BCUT2D eigenvalue weighted by atomic mass is 19.1. The topological polar surface area (TPSA) is 49.4 Å². The van der Waals surface area contributed by atoms with Gasteiger partial charge in [0.15, 0.2) is 0 Å². The van der Waals surface area contributed by atoms with Gasteiger partial charge in [0.25, 0.3) is 5.91 Å². The zero-order valence-electron chi connectivity index (χ0n) is 14.6. The number of amides is 2. The maximum absolute atomic E-state index is 13.6. The molecule has 5 heteroatoms. The molecule has 1 heterocycles. The first-order valence-corrected chi connectivity index (χ1v) is 8.26. The lowest BCUT2D eigenvalue weighted by molar-refractivity contribution is -0.121. The minimum absolute atomic E-state index is 0.0135. The predicted octanol–water partition coefficient (Wildman–Crippen LogP) is 3.05. The lowest BCUT2D eigenvalue weighted by Gasteiger charge is -2.16. The largest absolute Gasteiger partial charge is 0.352 e. The highest BCUT2D eigenvalue weighted by molar-refractivity contribution is 6.08. The number of fused-ring (bicyclic) bond motifs is 1. The monoisotopic (exact) mass is 340 g/mol.